The fourth-order valence-electron chi connectivity index (χ4n) is 2.04. The summed E-state index contributed by atoms with van der Waals surface area (Å²) in [5.41, 5.74) is 7.38. The second-order valence-corrected chi connectivity index (χ2v) is 4.03. The first kappa shape index (κ1) is 9.32. The Balaban J connectivity index is 3.05. The molecular formula is C13H15O. The van der Waals surface area contributed by atoms with Crippen molar-refractivity contribution in [3.63, 3.8) is 0 Å². The van der Waals surface area contributed by atoms with Crippen LogP contribution in [0, 0.1) is 40.9 Å². The Labute approximate surface area is 84.7 Å². The van der Waals surface area contributed by atoms with Crippen molar-refractivity contribution in [1.29, 1.82) is 0 Å². The highest BCUT2D eigenvalue weighted by molar-refractivity contribution is 5.88. The molecule has 0 spiro atoms. The van der Waals surface area contributed by atoms with Gasteiger partial charge in [-0.15, -0.1) is 0 Å². The van der Waals surface area contributed by atoms with Gasteiger partial charge in [-0.2, -0.15) is 0 Å². The Bertz CT molecular complexity index is 504. The monoisotopic (exact) mass is 187 g/mol. The number of hydrogen-bond donors (Lipinski definition) is 0. The van der Waals surface area contributed by atoms with E-state index in [9.17, 15) is 0 Å². The molecule has 1 heterocycles. The Hall–Kier alpha value is -1.24. The van der Waals surface area contributed by atoms with E-state index in [0.29, 0.717) is 0 Å². The molecule has 1 radical (unpaired) electrons. The predicted molar refractivity (Wildman–Crippen MR) is 58.7 cm³/mol. The molecule has 0 saturated carbocycles. The van der Waals surface area contributed by atoms with Crippen LogP contribution in [0.5, 0.6) is 0 Å². The fourth-order valence-corrected chi connectivity index (χ4v) is 2.04. The minimum atomic E-state index is 1.00. The fraction of sp³-hybridized carbons (Fsp3) is 0.385. The molecule has 0 saturated heterocycles. The van der Waals surface area contributed by atoms with Crippen LogP contribution < -0.4 is 0 Å². The van der Waals surface area contributed by atoms with Gasteiger partial charge in [0, 0.05) is 10.9 Å². The summed E-state index contributed by atoms with van der Waals surface area (Å²) in [4.78, 5) is 0. The molecule has 2 rings (SSSR count). The van der Waals surface area contributed by atoms with E-state index in [2.05, 4.69) is 34.0 Å². The van der Waals surface area contributed by atoms with Gasteiger partial charge in [0.05, 0.1) is 0 Å². The van der Waals surface area contributed by atoms with Crippen molar-refractivity contribution in [2.24, 2.45) is 0 Å². The molecule has 0 aliphatic carbocycles. The number of hydrogen-bond acceptors (Lipinski definition) is 1. The summed E-state index contributed by atoms with van der Waals surface area (Å²) < 4.78 is 5.47. The number of fused-ring (bicyclic) bond motifs is 1. The van der Waals surface area contributed by atoms with Crippen molar-refractivity contribution in [2.45, 2.75) is 34.6 Å². The molecule has 2 aromatic rings. The first-order valence-corrected chi connectivity index (χ1v) is 4.91. The van der Waals surface area contributed by atoms with Crippen LogP contribution in [0.1, 0.15) is 27.8 Å². The van der Waals surface area contributed by atoms with Gasteiger partial charge < -0.3 is 4.42 Å². The number of aryl methyl sites for hydroxylation is 3. The molecule has 1 nitrogen and oxygen atoms in total. The normalized spacial score (nSPS) is 11.2. The minimum absolute atomic E-state index is 1.00. The van der Waals surface area contributed by atoms with Crippen molar-refractivity contribution in [2.75, 3.05) is 0 Å². The highest BCUT2D eigenvalue weighted by Crippen LogP contribution is 2.31. The quantitative estimate of drug-likeness (QED) is 0.611. The Morgan fingerprint density at radius 2 is 1.36 bits per heavy atom. The summed E-state index contributed by atoms with van der Waals surface area (Å²) in [6, 6.07) is 0. The van der Waals surface area contributed by atoms with Crippen LogP contribution in [-0.4, -0.2) is 0 Å². The SMILES string of the molecule is Cc1c(C)c(C)c2c(C)[c]oc2c1C. The van der Waals surface area contributed by atoms with Crippen molar-refractivity contribution in [3.05, 3.63) is 34.1 Å². The molecule has 14 heavy (non-hydrogen) atoms. The number of rotatable bonds is 0. The summed E-state index contributed by atoms with van der Waals surface area (Å²) >= 11 is 0. The lowest BCUT2D eigenvalue weighted by Crippen LogP contribution is -1.92. The molecule has 0 atom stereocenters. The van der Waals surface area contributed by atoms with E-state index in [1.54, 1.807) is 0 Å². The smallest absolute Gasteiger partial charge is 0.173 e. The summed E-state index contributed by atoms with van der Waals surface area (Å²) in [6.45, 7) is 10.6. The number of furan rings is 1. The molecule has 0 unspecified atom stereocenters. The average molecular weight is 187 g/mol. The Kier molecular flexibility index (Phi) is 1.91. The zero-order valence-corrected chi connectivity index (χ0v) is 9.41. The van der Waals surface area contributed by atoms with Crippen LogP contribution in [0.3, 0.4) is 0 Å². The van der Waals surface area contributed by atoms with Crippen LogP contribution in [-0.2, 0) is 0 Å². The minimum Gasteiger partial charge on any atom is -0.452 e. The Morgan fingerprint density at radius 3 is 2.00 bits per heavy atom. The molecule has 73 valence electrons. The number of benzene rings is 1. The molecule has 0 N–H and O–H groups in total. The molecule has 0 bridgehead atoms. The van der Waals surface area contributed by atoms with Crippen LogP contribution in [0.4, 0.5) is 0 Å². The molecular weight excluding hydrogens is 172 g/mol. The van der Waals surface area contributed by atoms with E-state index in [-0.39, 0.29) is 0 Å². The third-order valence-electron chi connectivity index (χ3n) is 3.31. The zero-order chi connectivity index (χ0) is 10.5. The predicted octanol–water partition coefficient (Wildman–Crippen LogP) is 3.78. The van der Waals surface area contributed by atoms with Gasteiger partial charge in [-0.3, -0.25) is 0 Å². The lowest BCUT2D eigenvalue weighted by molar-refractivity contribution is 0.600. The molecule has 1 aromatic carbocycles. The van der Waals surface area contributed by atoms with E-state index in [4.69, 9.17) is 4.42 Å². The van der Waals surface area contributed by atoms with E-state index in [1.165, 1.54) is 27.6 Å². The first-order valence-electron chi connectivity index (χ1n) is 4.91. The van der Waals surface area contributed by atoms with Crippen molar-refractivity contribution in [3.8, 4) is 0 Å². The topological polar surface area (TPSA) is 13.1 Å². The average Bonchev–Trinajstić information content (AvgIpc) is 2.54. The van der Waals surface area contributed by atoms with E-state index >= 15 is 0 Å². The van der Waals surface area contributed by atoms with Gasteiger partial charge >= 0.3 is 0 Å². The molecule has 0 amide bonds. The maximum absolute atomic E-state index is 5.47. The van der Waals surface area contributed by atoms with Crippen molar-refractivity contribution >= 4 is 11.0 Å². The first-order chi connectivity index (χ1) is 6.54. The van der Waals surface area contributed by atoms with Gasteiger partial charge in [0.25, 0.3) is 0 Å². The summed E-state index contributed by atoms with van der Waals surface area (Å²) in [5, 5.41) is 1.24. The largest absolute Gasteiger partial charge is 0.452 e. The van der Waals surface area contributed by atoms with Gasteiger partial charge in [0.15, 0.2) is 6.26 Å². The maximum atomic E-state index is 5.47. The van der Waals surface area contributed by atoms with Crippen LogP contribution >= 0.6 is 0 Å². The lowest BCUT2D eigenvalue weighted by Gasteiger charge is -2.09. The van der Waals surface area contributed by atoms with Crippen LogP contribution in [0.15, 0.2) is 4.42 Å². The van der Waals surface area contributed by atoms with Gasteiger partial charge in [0.1, 0.15) is 5.58 Å². The van der Waals surface area contributed by atoms with Gasteiger partial charge in [-0.05, 0) is 56.9 Å². The third kappa shape index (κ3) is 1.02. The second-order valence-electron chi connectivity index (χ2n) is 4.03. The van der Waals surface area contributed by atoms with Crippen molar-refractivity contribution < 1.29 is 4.42 Å². The maximum Gasteiger partial charge on any atom is 0.173 e. The third-order valence-corrected chi connectivity index (χ3v) is 3.31. The van der Waals surface area contributed by atoms with E-state index in [1.807, 2.05) is 6.92 Å². The summed E-state index contributed by atoms with van der Waals surface area (Å²) in [7, 11) is 0. The summed E-state index contributed by atoms with van der Waals surface area (Å²) in [5.74, 6) is 0. The van der Waals surface area contributed by atoms with E-state index < -0.39 is 0 Å². The zero-order valence-electron chi connectivity index (χ0n) is 9.41. The standard InChI is InChI=1S/C13H15O/c1-7-6-14-13-11(5)9(3)8(2)10(4)12(7)13/h1-5H3. The highest BCUT2D eigenvalue weighted by Gasteiger charge is 2.13. The molecule has 1 heteroatoms. The second kappa shape index (κ2) is 2.88. The van der Waals surface area contributed by atoms with E-state index in [0.717, 1.165) is 11.1 Å². The summed E-state index contributed by atoms with van der Waals surface area (Å²) in [6.07, 6.45) is 2.94. The van der Waals surface area contributed by atoms with Crippen LogP contribution in [0.2, 0.25) is 0 Å². The van der Waals surface area contributed by atoms with Crippen molar-refractivity contribution in [1.82, 2.24) is 0 Å². The Morgan fingerprint density at radius 1 is 0.786 bits per heavy atom. The molecule has 0 aliphatic rings. The van der Waals surface area contributed by atoms with Gasteiger partial charge in [-0.25, -0.2) is 0 Å². The van der Waals surface area contributed by atoms with Gasteiger partial charge in [-0.1, -0.05) is 0 Å². The highest BCUT2D eigenvalue weighted by atomic mass is 16.3. The molecule has 0 aliphatic heterocycles. The molecule has 1 aromatic heterocycles. The van der Waals surface area contributed by atoms with Gasteiger partial charge in [0.2, 0.25) is 0 Å². The lowest BCUT2D eigenvalue weighted by atomic mass is 9.94. The van der Waals surface area contributed by atoms with Crippen LogP contribution in [0.25, 0.3) is 11.0 Å². The molecule has 0 fully saturated rings.